The minimum Gasteiger partial charge on any atom is -0.493 e. The van der Waals surface area contributed by atoms with Crippen molar-refractivity contribution in [3.8, 4) is 5.75 Å². The van der Waals surface area contributed by atoms with E-state index >= 15 is 0 Å². The molecule has 2 N–H and O–H groups in total. The van der Waals surface area contributed by atoms with Crippen LogP contribution < -0.4 is 15.5 Å². The number of amides is 2. The molecule has 0 spiro atoms. The van der Waals surface area contributed by atoms with Crippen LogP contribution in [0.3, 0.4) is 0 Å². The molecule has 0 fully saturated rings. The van der Waals surface area contributed by atoms with Gasteiger partial charge in [0.1, 0.15) is 11.8 Å². The molecule has 0 saturated heterocycles. The van der Waals surface area contributed by atoms with Gasteiger partial charge in [-0.05, 0) is 42.7 Å². The molecule has 31 heavy (non-hydrogen) atoms. The molecule has 2 amide bonds. The molecule has 2 rings (SSSR count). The Bertz CT molecular complexity index is 934. The van der Waals surface area contributed by atoms with E-state index in [2.05, 4.69) is 38.7 Å². The second-order valence-electron chi connectivity index (χ2n) is 7.29. The van der Waals surface area contributed by atoms with Crippen molar-refractivity contribution < 1.29 is 14.3 Å². The molecule has 0 aliphatic heterocycles. The van der Waals surface area contributed by atoms with Gasteiger partial charge in [-0.25, -0.2) is 5.43 Å². The van der Waals surface area contributed by atoms with Crippen molar-refractivity contribution in [2.24, 2.45) is 11.0 Å². The summed E-state index contributed by atoms with van der Waals surface area (Å²) in [6, 6.07) is 11.5. The minimum absolute atomic E-state index is 0.152. The number of hydrogen-bond donors (Lipinski definition) is 2. The lowest BCUT2D eigenvalue weighted by Crippen LogP contribution is -2.48. The summed E-state index contributed by atoms with van der Waals surface area (Å²) in [4.78, 5) is 25.2. The molecule has 0 radical (unpaired) electrons. The molecular formula is C23H27BrClN3O3. The Labute approximate surface area is 196 Å². The lowest BCUT2D eigenvalue weighted by Gasteiger charge is -2.20. The summed E-state index contributed by atoms with van der Waals surface area (Å²) in [7, 11) is 0. The highest BCUT2D eigenvalue weighted by atomic mass is 79.9. The van der Waals surface area contributed by atoms with Crippen LogP contribution in [0.2, 0.25) is 5.02 Å². The van der Waals surface area contributed by atoms with Gasteiger partial charge in [0.25, 0.3) is 11.8 Å². The second-order valence-corrected chi connectivity index (χ2v) is 8.62. The van der Waals surface area contributed by atoms with Crippen LogP contribution in [0, 0.1) is 5.92 Å². The molecular weight excluding hydrogens is 482 g/mol. The zero-order chi connectivity index (χ0) is 22.8. The number of benzene rings is 2. The smallest absolute Gasteiger partial charge is 0.262 e. The van der Waals surface area contributed by atoms with E-state index in [1.54, 1.807) is 24.3 Å². The standard InChI is InChI=1S/C23H27BrClN3O3/c1-4-5-12-31-20-11-10-17(24)13-16(20)14-26-28-23(30)21(15(2)3)27-22(29)18-8-6-7-9-19(18)25/h6-11,13-15,21H,4-5,12H2,1-3H3,(H,27,29)(H,28,30)/b26-14-. The van der Waals surface area contributed by atoms with Crippen LogP contribution in [-0.4, -0.2) is 30.7 Å². The molecule has 1 atom stereocenters. The van der Waals surface area contributed by atoms with Gasteiger partial charge in [0.2, 0.25) is 0 Å². The number of nitrogens with one attached hydrogen (secondary N) is 2. The average molecular weight is 509 g/mol. The monoisotopic (exact) mass is 507 g/mol. The predicted molar refractivity (Wildman–Crippen MR) is 128 cm³/mol. The van der Waals surface area contributed by atoms with Crippen molar-refractivity contribution in [1.82, 2.24) is 10.7 Å². The van der Waals surface area contributed by atoms with Crippen LogP contribution >= 0.6 is 27.5 Å². The number of nitrogens with zero attached hydrogens (tertiary/aromatic N) is 1. The van der Waals surface area contributed by atoms with E-state index in [4.69, 9.17) is 16.3 Å². The molecule has 0 bridgehead atoms. The Kier molecular flexibility index (Phi) is 10.0. The Morgan fingerprint density at radius 1 is 1.23 bits per heavy atom. The highest BCUT2D eigenvalue weighted by molar-refractivity contribution is 9.10. The number of rotatable bonds is 10. The van der Waals surface area contributed by atoms with E-state index in [9.17, 15) is 9.59 Å². The van der Waals surface area contributed by atoms with Crippen molar-refractivity contribution in [1.29, 1.82) is 0 Å². The Morgan fingerprint density at radius 2 is 1.97 bits per heavy atom. The number of hydrazone groups is 1. The zero-order valence-corrected chi connectivity index (χ0v) is 20.2. The van der Waals surface area contributed by atoms with Gasteiger partial charge in [0.15, 0.2) is 0 Å². The van der Waals surface area contributed by atoms with Crippen molar-refractivity contribution in [2.75, 3.05) is 6.61 Å². The van der Waals surface area contributed by atoms with Crippen molar-refractivity contribution in [2.45, 2.75) is 39.7 Å². The maximum absolute atomic E-state index is 12.7. The van der Waals surface area contributed by atoms with Gasteiger partial charge in [0, 0.05) is 10.0 Å². The highest BCUT2D eigenvalue weighted by Crippen LogP contribution is 2.22. The van der Waals surface area contributed by atoms with Crippen LogP contribution in [0.15, 0.2) is 52.0 Å². The minimum atomic E-state index is -0.774. The first-order valence-corrected chi connectivity index (χ1v) is 11.3. The third kappa shape index (κ3) is 7.67. The molecule has 8 heteroatoms. The van der Waals surface area contributed by atoms with Gasteiger partial charge in [-0.2, -0.15) is 5.10 Å². The molecule has 2 aromatic carbocycles. The molecule has 0 saturated carbocycles. The SMILES string of the molecule is CCCCOc1ccc(Br)cc1/C=N\NC(=O)C(NC(=O)c1ccccc1Cl)C(C)C. The summed E-state index contributed by atoms with van der Waals surface area (Å²) in [6.45, 7) is 6.39. The molecule has 2 aromatic rings. The summed E-state index contributed by atoms with van der Waals surface area (Å²) in [5.41, 5.74) is 3.55. The summed E-state index contributed by atoms with van der Waals surface area (Å²) < 4.78 is 6.66. The Morgan fingerprint density at radius 3 is 2.65 bits per heavy atom. The third-order valence-electron chi connectivity index (χ3n) is 4.46. The van der Waals surface area contributed by atoms with E-state index in [0.717, 1.165) is 22.9 Å². The first-order chi connectivity index (χ1) is 14.8. The fraction of sp³-hybridized carbons (Fsp3) is 0.348. The third-order valence-corrected chi connectivity index (χ3v) is 5.28. The predicted octanol–water partition coefficient (Wildman–Crippen LogP) is 5.19. The fourth-order valence-electron chi connectivity index (χ4n) is 2.71. The van der Waals surface area contributed by atoms with Crippen molar-refractivity contribution in [3.63, 3.8) is 0 Å². The van der Waals surface area contributed by atoms with Gasteiger partial charge in [0.05, 0.1) is 23.4 Å². The lowest BCUT2D eigenvalue weighted by atomic mass is 10.0. The molecule has 0 aromatic heterocycles. The number of carbonyl (C=O) groups excluding carboxylic acids is 2. The Balaban J connectivity index is 2.06. The maximum Gasteiger partial charge on any atom is 0.262 e. The first kappa shape index (κ1) is 24.9. The number of ether oxygens (including phenoxy) is 1. The fourth-order valence-corrected chi connectivity index (χ4v) is 3.31. The molecule has 0 aliphatic carbocycles. The Hall–Kier alpha value is -2.38. The second kappa shape index (κ2) is 12.5. The van der Waals surface area contributed by atoms with Crippen LogP contribution in [-0.2, 0) is 4.79 Å². The van der Waals surface area contributed by atoms with Gasteiger partial charge >= 0.3 is 0 Å². The molecule has 6 nitrogen and oxygen atoms in total. The van der Waals surface area contributed by atoms with Crippen molar-refractivity contribution in [3.05, 3.63) is 63.1 Å². The van der Waals surface area contributed by atoms with Gasteiger partial charge in [-0.15, -0.1) is 0 Å². The van der Waals surface area contributed by atoms with Gasteiger partial charge in [-0.3, -0.25) is 9.59 Å². The van der Waals surface area contributed by atoms with E-state index in [1.807, 2.05) is 32.0 Å². The lowest BCUT2D eigenvalue weighted by molar-refractivity contribution is -0.123. The number of carbonyl (C=O) groups is 2. The summed E-state index contributed by atoms with van der Waals surface area (Å²) in [5, 5.41) is 7.13. The number of unbranched alkanes of at least 4 members (excludes halogenated alkanes) is 1. The van der Waals surface area contributed by atoms with Crippen LogP contribution in [0.1, 0.15) is 49.5 Å². The zero-order valence-electron chi connectivity index (χ0n) is 17.8. The quantitative estimate of drug-likeness (QED) is 0.263. The summed E-state index contributed by atoms with van der Waals surface area (Å²) >= 11 is 9.52. The highest BCUT2D eigenvalue weighted by Gasteiger charge is 2.25. The molecule has 1 unspecified atom stereocenters. The average Bonchev–Trinajstić information content (AvgIpc) is 2.73. The topological polar surface area (TPSA) is 79.8 Å². The van der Waals surface area contributed by atoms with E-state index in [-0.39, 0.29) is 5.92 Å². The van der Waals surface area contributed by atoms with Crippen LogP contribution in [0.4, 0.5) is 0 Å². The molecule has 0 aliphatic rings. The molecule has 166 valence electrons. The van der Waals surface area contributed by atoms with E-state index in [0.29, 0.717) is 22.9 Å². The van der Waals surface area contributed by atoms with Gasteiger partial charge < -0.3 is 10.1 Å². The van der Waals surface area contributed by atoms with E-state index < -0.39 is 17.9 Å². The van der Waals surface area contributed by atoms with Crippen LogP contribution in [0.5, 0.6) is 5.75 Å². The van der Waals surface area contributed by atoms with Crippen molar-refractivity contribution >= 4 is 45.6 Å². The summed E-state index contributed by atoms with van der Waals surface area (Å²) in [5.74, 6) is -0.306. The maximum atomic E-state index is 12.7. The largest absolute Gasteiger partial charge is 0.493 e. The number of hydrogen-bond acceptors (Lipinski definition) is 4. The summed E-state index contributed by atoms with van der Waals surface area (Å²) in [6.07, 6.45) is 3.51. The van der Waals surface area contributed by atoms with Gasteiger partial charge in [-0.1, -0.05) is 66.9 Å². The normalized spacial score (nSPS) is 12.1. The van der Waals surface area contributed by atoms with E-state index in [1.165, 1.54) is 6.21 Å². The number of halogens is 2. The molecule has 0 heterocycles. The van der Waals surface area contributed by atoms with Crippen LogP contribution in [0.25, 0.3) is 0 Å². The first-order valence-electron chi connectivity index (χ1n) is 10.1.